The molecule has 0 saturated carbocycles. The van der Waals surface area contributed by atoms with Crippen LogP contribution in [0, 0.1) is 4.77 Å². The molecule has 2 heterocycles. The van der Waals surface area contributed by atoms with Crippen molar-refractivity contribution in [3.05, 3.63) is 4.77 Å². The molecule has 2 rings (SSSR count). The van der Waals surface area contributed by atoms with Gasteiger partial charge in [0, 0.05) is 26.2 Å². The zero-order valence-electron chi connectivity index (χ0n) is 10.8. The lowest BCUT2D eigenvalue weighted by Gasteiger charge is -2.36. The molecule has 0 bridgehead atoms. The lowest BCUT2D eigenvalue weighted by molar-refractivity contribution is 0.246. The highest BCUT2D eigenvalue weighted by Gasteiger charge is 2.24. The zero-order chi connectivity index (χ0) is 12.4. The first-order chi connectivity index (χ1) is 8.13. The second kappa shape index (κ2) is 5.18. The Morgan fingerprint density at radius 2 is 2.35 bits per heavy atom. The highest BCUT2D eigenvalue weighted by molar-refractivity contribution is 7.71. The fourth-order valence-electron chi connectivity index (χ4n) is 2.48. The molecule has 1 N–H and O–H groups in total. The van der Waals surface area contributed by atoms with E-state index < -0.39 is 0 Å². The Morgan fingerprint density at radius 3 is 3.00 bits per heavy atom. The predicted octanol–water partition coefficient (Wildman–Crippen LogP) is 1.49. The number of likely N-dealkylation sites (tertiary alicyclic amines) is 1. The molecular weight excluding hydrogens is 234 g/mol. The number of likely N-dealkylation sites (N-methyl/N-ethyl adjacent to an activating group) is 2. The average molecular weight is 255 g/mol. The van der Waals surface area contributed by atoms with Gasteiger partial charge in [-0.3, -0.25) is 4.57 Å². The second-order valence-corrected chi connectivity index (χ2v) is 5.13. The zero-order valence-corrected chi connectivity index (χ0v) is 11.6. The summed E-state index contributed by atoms with van der Waals surface area (Å²) in [7, 11) is 4.29. The van der Waals surface area contributed by atoms with Gasteiger partial charge >= 0.3 is 0 Å². The maximum atomic E-state index is 5.22. The summed E-state index contributed by atoms with van der Waals surface area (Å²) in [4.78, 5) is 4.63. The number of aromatic nitrogens is 3. The second-order valence-electron chi connectivity index (χ2n) is 4.74. The highest BCUT2D eigenvalue weighted by atomic mass is 32.1. The Bertz CT molecular complexity index is 424. The van der Waals surface area contributed by atoms with Gasteiger partial charge in [-0.25, -0.2) is 5.10 Å². The van der Waals surface area contributed by atoms with Gasteiger partial charge in [-0.2, -0.15) is 0 Å². The average Bonchev–Trinajstić information content (AvgIpc) is 2.69. The van der Waals surface area contributed by atoms with Crippen LogP contribution >= 0.6 is 12.2 Å². The van der Waals surface area contributed by atoms with E-state index in [2.05, 4.69) is 41.0 Å². The van der Waals surface area contributed by atoms with Crippen LogP contribution in [0.3, 0.4) is 0 Å². The van der Waals surface area contributed by atoms with Crippen LogP contribution in [0.15, 0.2) is 0 Å². The van der Waals surface area contributed by atoms with Gasteiger partial charge in [0.2, 0.25) is 5.95 Å². The number of nitrogens with one attached hydrogen (secondary N) is 1. The van der Waals surface area contributed by atoms with Gasteiger partial charge in [0.15, 0.2) is 4.77 Å². The van der Waals surface area contributed by atoms with Crippen molar-refractivity contribution in [2.45, 2.75) is 32.4 Å². The number of piperidine rings is 1. The monoisotopic (exact) mass is 255 g/mol. The third-order valence-electron chi connectivity index (χ3n) is 3.52. The summed E-state index contributed by atoms with van der Waals surface area (Å²) in [6, 6.07) is 0.532. The van der Waals surface area contributed by atoms with Crippen LogP contribution < -0.4 is 4.90 Å². The fraction of sp³-hybridized carbons (Fsp3) is 0.818. The van der Waals surface area contributed by atoms with Crippen LogP contribution in [0.4, 0.5) is 5.95 Å². The molecule has 1 aromatic heterocycles. The minimum absolute atomic E-state index is 0.532. The molecule has 1 atom stereocenters. The lowest BCUT2D eigenvalue weighted by Crippen LogP contribution is -2.45. The van der Waals surface area contributed by atoms with Crippen molar-refractivity contribution in [1.82, 2.24) is 19.7 Å². The number of anilines is 1. The largest absolute Gasteiger partial charge is 0.340 e. The first-order valence-corrected chi connectivity index (χ1v) is 6.61. The maximum Gasteiger partial charge on any atom is 0.225 e. The van der Waals surface area contributed by atoms with Gasteiger partial charge in [-0.05, 0) is 45.6 Å². The van der Waals surface area contributed by atoms with Crippen molar-refractivity contribution >= 4 is 18.2 Å². The summed E-state index contributed by atoms with van der Waals surface area (Å²) in [6.07, 6.45) is 2.48. The van der Waals surface area contributed by atoms with E-state index in [9.17, 15) is 0 Å². The standard InChI is InChI=1S/C11H21N5S/c1-4-16-10(12-13-11(16)17)15(3)9-6-5-7-14(2)8-9/h9H,4-8H2,1-3H3,(H,13,17). The van der Waals surface area contributed by atoms with Crippen molar-refractivity contribution in [3.8, 4) is 0 Å². The van der Waals surface area contributed by atoms with Crippen molar-refractivity contribution in [2.75, 3.05) is 32.1 Å². The predicted molar refractivity (Wildman–Crippen MR) is 72.0 cm³/mol. The first kappa shape index (κ1) is 12.6. The van der Waals surface area contributed by atoms with Crippen LogP contribution in [0.1, 0.15) is 19.8 Å². The summed E-state index contributed by atoms with van der Waals surface area (Å²) in [5.74, 6) is 0.956. The molecule has 0 spiro atoms. The molecule has 96 valence electrons. The van der Waals surface area contributed by atoms with Gasteiger partial charge in [0.1, 0.15) is 0 Å². The van der Waals surface area contributed by atoms with Gasteiger partial charge in [0.25, 0.3) is 0 Å². The number of rotatable bonds is 3. The summed E-state index contributed by atoms with van der Waals surface area (Å²) in [5, 5.41) is 7.22. The molecule has 1 aliphatic heterocycles. The molecule has 1 fully saturated rings. The van der Waals surface area contributed by atoms with Crippen LogP contribution in [0.2, 0.25) is 0 Å². The third kappa shape index (κ3) is 2.52. The minimum atomic E-state index is 0.532. The van der Waals surface area contributed by atoms with Crippen LogP contribution in [-0.2, 0) is 6.54 Å². The summed E-state index contributed by atoms with van der Waals surface area (Å²) in [6.45, 7) is 5.25. The van der Waals surface area contributed by atoms with E-state index in [1.165, 1.54) is 19.4 Å². The van der Waals surface area contributed by atoms with Crippen LogP contribution in [0.5, 0.6) is 0 Å². The molecule has 0 radical (unpaired) electrons. The molecule has 0 aromatic carbocycles. The van der Waals surface area contributed by atoms with E-state index >= 15 is 0 Å². The summed E-state index contributed by atoms with van der Waals surface area (Å²) < 4.78 is 2.75. The summed E-state index contributed by atoms with van der Waals surface area (Å²) in [5.41, 5.74) is 0. The number of hydrogen-bond acceptors (Lipinski definition) is 4. The molecule has 1 saturated heterocycles. The van der Waals surface area contributed by atoms with Gasteiger partial charge in [0.05, 0.1) is 0 Å². The van der Waals surface area contributed by atoms with Crippen molar-refractivity contribution in [2.24, 2.45) is 0 Å². The normalized spacial score (nSPS) is 21.7. The van der Waals surface area contributed by atoms with Crippen LogP contribution in [0.25, 0.3) is 0 Å². The van der Waals surface area contributed by atoms with E-state index in [-0.39, 0.29) is 0 Å². The quantitative estimate of drug-likeness (QED) is 0.831. The lowest BCUT2D eigenvalue weighted by atomic mass is 10.1. The van der Waals surface area contributed by atoms with E-state index in [0.717, 1.165) is 19.0 Å². The molecule has 1 unspecified atom stereocenters. The minimum Gasteiger partial charge on any atom is -0.340 e. The molecule has 1 aliphatic rings. The van der Waals surface area contributed by atoms with Crippen LogP contribution in [-0.4, -0.2) is 52.9 Å². The van der Waals surface area contributed by atoms with Crippen molar-refractivity contribution < 1.29 is 0 Å². The molecule has 1 aromatic rings. The SMILES string of the molecule is CCn1c(N(C)C2CCCN(C)C2)n[nH]c1=S. The Balaban J connectivity index is 2.18. The van der Waals surface area contributed by atoms with Gasteiger partial charge in [-0.1, -0.05) is 0 Å². The Labute approximate surface area is 107 Å². The molecule has 6 heteroatoms. The van der Waals surface area contributed by atoms with E-state index in [0.29, 0.717) is 10.8 Å². The molecule has 17 heavy (non-hydrogen) atoms. The smallest absolute Gasteiger partial charge is 0.225 e. The molecular formula is C11H21N5S. The number of H-pyrrole nitrogens is 1. The Morgan fingerprint density at radius 1 is 1.59 bits per heavy atom. The number of hydrogen-bond donors (Lipinski definition) is 1. The van der Waals surface area contributed by atoms with E-state index in [1.807, 2.05) is 4.57 Å². The molecule has 0 aliphatic carbocycles. The summed E-state index contributed by atoms with van der Waals surface area (Å²) >= 11 is 5.22. The fourth-order valence-corrected chi connectivity index (χ4v) is 2.74. The third-order valence-corrected chi connectivity index (χ3v) is 3.83. The first-order valence-electron chi connectivity index (χ1n) is 6.20. The highest BCUT2D eigenvalue weighted by Crippen LogP contribution is 2.19. The molecule has 0 amide bonds. The Kier molecular flexibility index (Phi) is 3.83. The van der Waals surface area contributed by atoms with Crippen molar-refractivity contribution in [1.29, 1.82) is 0 Å². The maximum absolute atomic E-state index is 5.22. The van der Waals surface area contributed by atoms with E-state index in [4.69, 9.17) is 12.2 Å². The van der Waals surface area contributed by atoms with Crippen molar-refractivity contribution in [3.63, 3.8) is 0 Å². The van der Waals surface area contributed by atoms with Gasteiger partial charge < -0.3 is 9.80 Å². The topological polar surface area (TPSA) is 40.1 Å². The number of aromatic amines is 1. The molecule has 5 nitrogen and oxygen atoms in total. The van der Waals surface area contributed by atoms with E-state index in [1.54, 1.807) is 0 Å². The Hall–Kier alpha value is -0.880. The number of nitrogens with zero attached hydrogens (tertiary/aromatic N) is 4. The van der Waals surface area contributed by atoms with Gasteiger partial charge in [-0.15, -0.1) is 5.10 Å².